The molecule has 0 aromatic heterocycles. The van der Waals surface area contributed by atoms with Crippen LogP contribution >= 0.6 is 35.0 Å². The normalized spacial score (nSPS) is 18.2. The lowest BCUT2D eigenvalue weighted by Crippen LogP contribution is -2.15. The molecule has 0 amide bonds. The number of benzene rings is 1. The first-order chi connectivity index (χ1) is 9.08. The molecule has 2 rings (SSSR count). The van der Waals surface area contributed by atoms with Crippen molar-refractivity contribution < 1.29 is 9.90 Å². The zero-order valence-electron chi connectivity index (χ0n) is 10.4. The van der Waals surface area contributed by atoms with Crippen molar-refractivity contribution in [2.75, 3.05) is 0 Å². The monoisotopic (exact) mass is 318 g/mol. The molecular weight excluding hydrogens is 303 g/mol. The first kappa shape index (κ1) is 15.0. The van der Waals surface area contributed by atoms with Gasteiger partial charge in [-0.1, -0.05) is 48.5 Å². The molecule has 104 valence electrons. The molecule has 19 heavy (non-hydrogen) atoms. The molecule has 2 nitrogen and oxygen atoms in total. The number of carboxylic acid groups (broad SMARTS) is 1. The van der Waals surface area contributed by atoms with E-state index >= 15 is 0 Å². The molecule has 5 heteroatoms. The highest BCUT2D eigenvalue weighted by Gasteiger charge is 2.26. The molecule has 1 aliphatic rings. The molecular formula is C14H16Cl2O2S. The van der Waals surface area contributed by atoms with Crippen molar-refractivity contribution in [2.24, 2.45) is 0 Å². The molecule has 0 aliphatic heterocycles. The summed E-state index contributed by atoms with van der Waals surface area (Å²) in [6.07, 6.45) is 5.88. The van der Waals surface area contributed by atoms with Gasteiger partial charge >= 0.3 is 5.97 Å². The second-order valence-corrected chi connectivity index (χ2v) is 7.01. The second kappa shape index (κ2) is 6.87. The summed E-state index contributed by atoms with van der Waals surface area (Å²) in [5.41, 5.74) is 0.720. The summed E-state index contributed by atoms with van der Waals surface area (Å²) in [7, 11) is 0. The molecule has 0 bridgehead atoms. The fourth-order valence-electron chi connectivity index (χ4n) is 2.35. The van der Waals surface area contributed by atoms with E-state index in [2.05, 4.69) is 0 Å². The molecule has 1 saturated carbocycles. The zero-order chi connectivity index (χ0) is 13.8. The summed E-state index contributed by atoms with van der Waals surface area (Å²) in [5, 5.41) is 10.2. The lowest BCUT2D eigenvalue weighted by Gasteiger charge is -2.24. The average molecular weight is 319 g/mol. The summed E-state index contributed by atoms with van der Waals surface area (Å²) in [6.45, 7) is 0. The highest BCUT2D eigenvalue weighted by atomic mass is 35.5. The van der Waals surface area contributed by atoms with Gasteiger partial charge in [-0.05, 0) is 30.5 Å². The maximum atomic E-state index is 11.5. The Morgan fingerprint density at radius 2 is 1.89 bits per heavy atom. The summed E-state index contributed by atoms with van der Waals surface area (Å²) >= 11 is 13.4. The van der Waals surface area contributed by atoms with Crippen LogP contribution in [0.25, 0.3) is 0 Å². The predicted octanol–water partition coefficient (Wildman–Crippen LogP) is 5.19. The first-order valence-corrected chi connectivity index (χ1v) is 8.11. The van der Waals surface area contributed by atoms with Crippen molar-refractivity contribution in [3.8, 4) is 0 Å². The maximum Gasteiger partial charge on any atom is 0.321 e. The highest BCUT2D eigenvalue weighted by Crippen LogP contribution is 2.40. The molecule has 0 heterocycles. The third kappa shape index (κ3) is 4.04. The summed E-state index contributed by atoms with van der Waals surface area (Å²) in [6, 6.07) is 5.08. The van der Waals surface area contributed by atoms with E-state index in [4.69, 9.17) is 23.2 Å². The van der Waals surface area contributed by atoms with Crippen LogP contribution < -0.4 is 0 Å². The number of rotatable bonds is 4. The lowest BCUT2D eigenvalue weighted by atomic mass is 10.0. The van der Waals surface area contributed by atoms with Crippen LogP contribution in [-0.4, -0.2) is 16.3 Å². The summed E-state index contributed by atoms with van der Waals surface area (Å²) in [4.78, 5) is 11.5. The van der Waals surface area contributed by atoms with Crippen LogP contribution in [0.2, 0.25) is 10.0 Å². The van der Waals surface area contributed by atoms with Crippen molar-refractivity contribution in [3.05, 3.63) is 33.8 Å². The van der Waals surface area contributed by atoms with Crippen LogP contribution in [0.4, 0.5) is 0 Å². The topological polar surface area (TPSA) is 37.3 Å². The highest BCUT2D eigenvalue weighted by molar-refractivity contribution is 8.00. The van der Waals surface area contributed by atoms with E-state index in [1.165, 1.54) is 19.3 Å². The molecule has 1 atom stereocenters. The molecule has 0 saturated heterocycles. The fourth-order valence-corrected chi connectivity index (χ4v) is 4.07. The van der Waals surface area contributed by atoms with Gasteiger partial charge in [0.2, 0.25) is 0 Å². The number of thioether (sulfide) groups is 1. The molecule has 1 aromatic carbocycles. The van der Waals surface area contributed by atoms with Crippen molar-refractivity contribution >= 4 is 40.9 Å². The molecule has 0 radical (unpaired) electrons. The van der Waals surface area contributed by atoms with Crippen LogP contribution in [0.5, 0.6) is 0 Å². The smallest absolute Gasteiger partial charge is 0.321 e. The number of carboxylic acids is 1. The third-order valence-electron chi connectivity index (χ3n) is 3.35. The minimum absolute atomic E-state index is 0.412. The van der Waals surface area contributed by atoms with Gasteiger partial charge in [-0.3, -0.25) is 4.79 Å². The van der Waals surface area contributed by atoms with E-state index in [0.29, 0.717) is 15.3 Å². The van der Waals surface area contributed by atoms with Gasteiger partial charge in [0.15, 0.2) is 0 Å². The molecule has 1 aromatic rings. The molecule has 1 fully saturated rings. The Hall–Kier alpha value is -0.380. The van der Waals surface area contributed by atoms with Gasteiger partial charge < -0.3 is 5.11 Å². The van der Waals surface area contributed by atoms with E-state index in [9.17, 15) is 9.90 Å². The minimum atomic E-state index is -0.811. The standard InChI is InChI=1S/C14H16Cl2O2S/c15-11-7-6-9(8-12(11)16)13(14(17)18)19-10-4-2-1-3-5-10/h6-8,10,13H,1-5H2,(H,17,18). The number of halogens is 2. The van der Waals surface area contributed by atoms with E-state index in [0.717, 1.165) is 18.4 Å². The van der Waals surface area contributed by atoms with Crippen LogP contribution in [0.15, 0.2) is 18.2 Å². The van der Waals surface area contributed by atoms with E-state index < -0.39 is 11.2 Å². The Morgan fingerprint density at radius 3 is 2.47 bits per heavy atom. The van der Waals surface area contributed by atoms with Crippen LogP contribution in [0, 0.1) is 0 Å². The van der Waals surface area contributed by atoms with E-state index in [1.807, 2.05) is 0 Å². The Balaban J connectivity index is 2.14. The fraction of sp³-hybridized carbons (Fsp3) is 0.500. The number of carbonyl (C=O) groups is 1. The average Bonchev–Trinajstić information content (AvgIpc) is 2.40. The molecule has 1 unspecified atom stereocenters. The van der Waals surface area contributed by atoms with Crippen molar-refractivity contribution in [2.45, 2.75) is 42.6 Å². The van der Waals surface area contributed by atoms with Gasteiger partial charge in [0.1, 0.15) is 5.25 Å². The van der Waals surface area contributed by atoms with E-state index in [-0.39, 0.29) is 0 Å². The molecule has 1 N–H and O–H groups in total. The van der Waals surface area contributed by atoms with Gasteiger partial charge in [-0.15, -0.1) is 11.8 Å². The Labute approximate surface area is 127 Å². The van der Waals surface area contributed by atoms with Gasteiger partial charge in [0.05, 0.1) is 10.0 Å². The Bertz CT molecular complexity index is 459. The first-order valence-electron chi connectivity index (χ1n) is 6.41. The molecule has 0 spiro atoms. The molecule has 1 aliphatic carbocycles. The van der Waals surface area contributed by atoms with Crippen LogP contribution in [0.1, 0.15) is 42.9 Å². The van der Waals surface area contributed by atoms with Crippen molar-refractivity contribution in [1.29, 1.82) is 0 Å². The number of hydrogen-bond donors (Lipinski definition) is 1. The number of hydrogen-bond acceptors (Lipinski definition) is 2. The quantitative estimate of drug-likeness (QED) is 0.830. The SMILES string of the molecule is O=C(O)C(SC1CCCCC1)c1ccc(Cl)c(Cl)c1. The van der Waals surface area contributed by atoms with E-state index in [1.54, 1.807) is 30.0 Å². The number of aliphatic carboxylic acids is 1. The predicted molar refractivity (Wildman–Crippen MR) is 81.3 cm³/mol. The summed E-state index contributed by atoms with van der Waals surface area (Å²) < 4.78 is 0. The van der Waals surface area contributed by atoms with Gasteiger partial charge in [-0.25, -0.2) is 0 Å². The van der Waals surface area contributed by atoms with Gasteiger partial charge in [0, 0.05) is 5.25 Å². The maximum absolute atomic E-state index is 11.5. The third-order valence-corrected chi connectivity index (χ3v) is 5.69. The second-order valence-electron chi connectivity index (χ2n) is 4.79. The van der Waals surface area contributed by atoms with Gasteiger partial charge in [0.25, 0.3) is 0 Å². The summed E-state index contributed by atoms with van der Waals surface area (Å²) in [5.74, 6) is -0.811. The van der Waals surface area contributed by atoms with Crippen LogP contribution in [-0.2, 0) is 4.79 Å². The minimum Gasteiger partial charge on any atom is -0.480 e. The van der Waals surface area contributed by atoms with Crippen LogP contribution in [0.3, 0.4) is 0 Å². The van der Waals surface area contributed by atoms with Crippen molar-refractivity contribution in [3.63, 3.8) is 0 Å². The Morgan fingerprint density at radius 1 is 1.21 bits per heavy atom. The largest absolute Gasteiger partial charge is 0.480 e. The van der Waals surface area contributed by atoms with Crippen molar-refractivity contribution in [1.82, 2.24) is 0 Å². The lowest BCUT2D eigenvalue weighted by molar-refractivity contribution is -0.136. The zero-order valence-corrected chi connectivity index (χ0v) is 12.8. The van der Waals surface area contributed by atoms with Gasteiger partial charge in [-0.2, -0.15) is 0 Å². The Kier molecular flexibility index (Phi) is 5.43.